The Morgan fingerprint density at radius 2 is 2.06 bits per heavy atom. The van der Waals surface area contributed by atoms with E-state index < -0.39 is 6.04 Å². The van der Waals surface area contributed by atoms with E-state index in [0.29, 0.717) is 5.92 Å². The van der Waals surface area contributed by atoms with Gasteiger partial charge in [0.15, 0.2) is 0 Å². The number of anilines is 1. The molecule has 98 valence electrons. The number of amides is 1. The number of rotatable bonds is 2. The normalized spacial score (nSPS) is 16.6. The van der Waals surface area contributed by atoms with Gasteiger partial charge < -0.3 is 10.6 Å². The summed E-state index contributed by atoms with van der Waals surface area (Å²) < 4.78 is 0. The third kappa shape index (κ3) is 2.41. The van der Waals surface area contributed by atoms with E-state index in [9.17, 15) is 4.79 Å². The lowest BCUT2D eigenvalue weighted by atomic mass is 9.94. The van der Waals surface area contributed by atoms with Crippen LogP contribution in [0.15, 0.2) is 18.2 Å². The lowest BCUT2D eigenvalue weighted by Gasteiger charge is -2.31. The van der Waals surface area contributed by atoms with Crippen molar-refractivity contribution in [3.05, 3.63) is 29.3 Å². The SMILES string of the molecule is CC(C)c1ccc2c(c1)CCCN2C(=O)[C@H](C)N. The number of carbonyl (C=O) groups is 1. The first-order valence-electron chi connectivity index (χ1n) is 6.70. The maximum absolute atomic E-state index is 12.1. The summed E-state index contributed by atoms with van der Waals surface area (Å²) in [6.45, 7) is 6.92. The van der Waals surface area contributed by atoms with Crippen molar-refractivity contribution in [3.63, 3.8) is 0 Å². The zero-order chi connectivity index (χ0) is 13.3. The monoisotopic (exact) mass is 246 g/mol. The van der Waals surface area contributed by atoms with Crippen molar-refractivity contribution < 1.29 is 4.79 Å². The van der Waals surface area contributed by atoms with E-state index in [2.05, 4.69) is 32.0 Å². The fourth-order valence-electron chi connectivity index (χ4n) is 2.45. The van der Waals surface area contributed by atoms with Crippen molar-refractivity contribution >= 4 is 11.6 Å². The number of aryl methyl sites for hydroxylation is 1. The Morgan fingerprint density at radius 3 is 2.67 bits per heavy atom. The van der Waals surface area contributed by atoms with Gasteiger partial charge in [0.2, 0.25) is 5.91 Å². The third-order valence-electron chi connectivity index (χ3n) is 3.54. The van der Waals surface area contributed by atoms with Gasteiger partial charge in [-0.1, -0.05) is 26.0 Å². The summed E-state index contributed by atoms with van der Waals surface area (Å²) in [5.41, 5.74) is 9.38. The predicted octanol–water partition coefficient (Wildman–Crippen LogP) is 2.44. The molecule has 0 aliphatic carbocycles. The van der Waals surface area contributed by atoms with Crippen molar-refractivity contribution in [1.29, 1.82) is 0 Å². The molecule has 0 bridgehead atoms. The highest BCUT2D eigenvalue weighted by molar-refractivity contribution is 5.97. The highest BCUT2D eigenvalue weighted by Crippen LogP contribution is 2.30. The molecule has 1 aromatic carbocycles. The number of hydrogen-bond acceptors (Lipinski definition) is 2. The predicted molar refractivity (Wildman–Crippen MR) is 74.9 cm³/mol. The van der Waals surface area contributed by atoms with Gasteiger partial charge in [0.25, 0.3) is 0 Å². The molecule has 0 fully saturated rings. The van der Waals surface area contributed by atoms with E-state index in [1.54, 1.807) is 6.92 Å². The molecular weight excluding hydrogens is 224 g/mol. The fraction of sp³-hybridized carbons (Fsp3) is 0.533. The van der Waals surface area contributed by atoms with E-state index in [1.807, 2.05) is 4.90 Å². The molecule has 0 spiro atoms. The molecule has 1 aliphatic heterocycles. The summed E-state index contributed by atoms with van der Waals surface area (Å²) in [6, 6.07) is 6.00. The molecule has 0 aromatic heterocycles. The van der Waals surface area contributed by atoms with E-state index in [0.717, 1.165) is 25.1 Å². The maximum Gasteiger partial charge on any atom is 0.243 e. The van der Waals surface area contributed by atoms with Crippen molar-refractivity contribution in [2.75, 3.05) is 11.4 Å². The van der Waals surface area contributed by atoms with E-state index in [-0.39, 0.29) is 5.91 Å². The Hall–Kier alpha value is -1.35. The second kappa shape index (κ2) is 5.11. The average Bonchev–Trinajstić information content (AvgIpc) is 2.36. The van der Waals surface area contributed by atoms with E-state index >= 15 is 0 Å². The second-order valence-electron chi connectivity index (χ2n) is 5.42. The lowest BCUT2D eigenvalue weighted by Crippen LogP contribution is -2.44. The molecule has 18 heavy (non-hydrogen) atoms. The number of nitrogens with zero attached hydrogens (tertiary/aromatic N) is 1. The largest absolute Gasteiger partial charge is 0.320 e. The average molecular weight is 246 g/mol. The first-order chi connectivity index (χ1) is 8.50. The van der Waals surface area contributed by atoms with Gasteiger partial charge in [-0.15, -0.1) is 0 Å². The summed E-state index contributed by atoms with van der Waals surface area (Å²) in [7, 11) is 0. The minimum atomic E-state index is -0.430. The topological polar surface area (TPSA) is 46.3 Å². The lowest BCUT2D eigenvalue weighted by molar-refractivity contribution is -0.119. The zero-order valence-corrected chi connectivity index (χ0v) is 11.4. The number of hydrogen-bond donors (Lipinski definition) is 1. The highest BCUT2D eigenvalue weighted by atomic mass is 16.2. The van der Waals surface area contributed by atoms with Crippen LogP contribution in [0.1, 0.15) is 44.2 Å². The van der Waals surface area contributed by atoms with Gasteiger partial charge in [0, 0.05) is 12.2 Å². The van der Waals surface area contributed by atoms with Crippen LogP contribution in [0.5, 0.6) is 0 Å². The standard InChI is InChI=1S/C15H22N2O/c1-10(2)12-6-7-14-13(9-12)5-4-8-17(14)15(18)11(3)16/h6-7,9-11H,4-5,8,16H2,1-3H3/t11-/m0/s1. The Kier molecular flexibility index (Phi) is 3.71. The molecule has 1 heterocycles. The van der Waals surface area contributed by atoms with E-state index in [4.69, 9.17) is 5.73 Å². The minimum absolute atomic E-state index is 0.0215. The Bertz CT molecular complexity index is 452. The van der Waals surface area contributed by atoms with Crippen LogP contribution in [-0.2, 0) is 11.2 Å². The van der Waals surface area contributed by atoms with Gasteiger partial charge in [-0.3, -0.25) is 4.79 Å². The molecule has 1 amide bonds. The third-order valence-corrected chi connectivity index (χ3v) is 3.54. The molecule has 1 atom stereocenters. The Balaban J connectivity index is 2.36. The Morgan fingerprint density at radius 1 is 1.33 bits per heavy atom. The minimum Gasteiger partial charge on any atom is -0.320 e. The summed E-state index contributed by atoms with van der Waals surface area (Å²) >= 11 is 0. The van der Waals surface area contributed by atoms with Crippen LogP contribution in [0.25, 0.3) is 0 Å². The van der Waals surface area contributed by atoms with Crippen LogP contribution in [0, 0.1) is 0 Å². The quantitative estimate of drug-likeness (QED) is 0.871. The number of benzene rings is 1. The molecule has 1 aliphatic rings. The molecule has 0 saturated heterocycles. The first kappa shape index (κ1) is 13.1. The summed E-state index contributed by atoms with van der Waals surface area (Å²) in [5, 5.41) is 0. The molecule has 0 saturated carbocycles. The molecule has 2 N–H and O–H groups in total. The van der Waals surface area contributed by atoms with Crippen molar-refractivity contribution in [3.8, 4) is 0 Å². The molecule has 2 rings (SSSR count). The van der Waals surface area contributed by atoms with Gasteiger partial charge in [0.1, 0.15) is 0 Å². The van der Waals surface area contributed by atoms with Gasteiger partial charge in [-0.2, -0.15) is 0 Å². The molecule has 3 heteroatoms. The van der Waals surface area contributed by atoms with E-state index in [1.165, 1.54) is 11.1 Å². The zero-order valence-electron chi connectivity index (χ0n) is 11.4. The van der Waals surface area contributed by atoms with Crippen LogP contribution in [0.3, 0.4) is 0 Å². The van der Waals surface area contributed by atoms with Crippen molar-refractivity contribution in [1.82, 2.24) is 0 Å². The van der Waals surface area contributed by atoms with Crippen molar-refractivity contribution in [2.24, 2.45) is 5.73 Å². The fourth-order valence-corrected chi connectivity index (χ4v) is 2.45. The highest BCUT2D eigenvalue weighted by Gasteiger charge is 2.24. The second-order valence-corrected chi connectivity index (χ2v) is 5.42. The van der Waals surface area contributed by atoms with Crippen LogP contribution in [0.2, 0.25) is 0 Å². The molecule has 1 aromatic rings. The molecule has 0 unspecified atom stereocenters. The molecule has 0 radical (unpaired) electrons. The van der Waals surface area contributed by atoms with Gasteiger partial charge in [-0.05, 0) is 42.9 Å². The first-order valence-corrected chi connectivity index (χ1v) is 6.70. The number of carbonyl (C=O) groups excluding carboxylic acids is 1. The number of nitrogens with two attached hydrogens (primary N) is 1. The maximum atomic E-state index is 12.1. The van der Waals surface area contributed by atoms with Gasteiger partial charge in [-0.25, -0.2) is 0 Å². The summed E-state index contributed by atoms with van der Waals surface area (Å²) in [4.78, 5) is 13.9. The molecular formula is C15H22N2O. The smallest absolute Gasteiger partial charge is 0.243 e. The number of fused-ring (bicyclic) bond motifs is 1. The van der Waals surface area contributed by atoms with Crippen LogP contribution < -0.4 is 10.6 Å². The van der Waals surface area contributed by atoms with Crippen LogP contribution in [-0.4, -0.2) is 18.5 Å². The van der Waals surface area contributed by atoms with Crippen molar-refractivity contribution in [2.45, 2.75) is 45.6 Å². The Labute approximate surface area is 109 Å². The molecule has 3 nitrogen and oxygen atoms in total. The van der Waals surface area contributed by atoms with Gasteiger partial charge >= 0.3 is 0 Å². The summed E-state index contributed by atoms with van der Waals surface area (Å²) in [5.74, 6) is 0.544. The summed E-state index contributed by atoms with van der Waals surface area (Å²) in [6.07, 6.45) is 2.08. The van der Waals surface area contributed by atoms with Crippen LogP contribution in [0.4, 0.5) is 5.69 Å². The van der Waals surface area contributed by atoms with Crippen LogP contribution >= 0.6 is 0 Å². The van der Waals surface area contributed by atoms with Gasteiger partial charge in [0.05, 0.1) is 6.04 Å².